The molecule has 0 saturated heterocycles. The van der Waals surface area contributed by atoms with E-state index in [9.17, 15) is 18.0 Å². The zero-order chi connectivity index (χ0) is 20.2. The Morgan fingerprint density at radius 3 is 2.19 bits per heavy atom. The van der Waals surface area contributed by atoms with E-state index in [1.807, 2.05) is 6.92 Å². The van der Waals surface area contributed by atoms with Crippen LogP contribution >= 0.6 is 0 Å². The molecule has 2 aromatic carbocycles. The first kappa shape index (κ1) is 20.6. The summed E-state index contributed by atoms with van der Waals surface area (Å²) < 4.78 is 36.6. The highest BCUT2D eigenvalue weighted by Crippen LogP contribution is 2.25. The Balaban J connectivity index is 2.23. The second kappa shape index (κ2) is 8.32. The van der Waals surface area contributed by atoms with Gasteiger partial charge in [0.05, 0.1) is 12.7 Å². The Hall–Kier alpha value is -2.71. The minimum atomic E-state index is -3.84. The molecule has 7 nitrogen and oxygen atoms in total. The summed E-state index contributed by atoms with van der Waals surface area (Å²) in [4.78, 5) is 24.6. The fourth-order valence-corrected chi connectivity index (χ4v) is 3.28. The number of hydrogen-bond acceptors (Lipinski definition) is 6. The SMILES string of the molecule is CNS(=O)(=O)c1cc(C(=O)O[C@H](C)C(=O)c2ccc(C)cc2)ccc1OC. The summed E-state index contributed by atoms with van der Waals surface area (Å²) in [6, 6.07) is 10.8. The average Bonchev–Trinajstić information content (AvgIpc) is 2.67. The van der Waals surface area contributed by atoms with Gasteiger partial charge in [-0.2, -0.15) is 0 Å². The zero-order valence-corrected chi connectivity index (χ0v) is 16.3. The average molecular weight is 391 g/mol. The van der Waals surface area contributed by atoms with E-state index in [0.29, 0.717) is 5.56 Å². The quantitative estimate of drug-likeness (QED) is 0.575. The molecule has 0 spiro atoms. The molecule has 0 heterocycles. The Morgan fingerprint density at radius 2 is 1.63 bits per heavy atom. The maximum absolute atomic E-state index is 12.4. The number of carbonyl (C=O) groups excluding carboxylic acids is 2. The van der Waals surface area contributed by atoms with Crippen LogP contribution in [0.1, 0.15) is 33.2 Å². The molecule has 1 atom stereocenters. The van der Waals surface area contributed by atoms with Crippen LogP contribution in [0.4, 0.5) is 0 Å². The number of aryl methyl sites for hydroxylation is 1. The molecule has 0 aromatic heterocycles. The van der Waals surface area contributed by atoms with Gasteiger partial charge in [-0.05, 0) is 39.1 Å². The van der Waals surface area contributed by atoms with Gasteiger partial charge < -0.3 is 9.47 Å². The van der Waals surface area contributed by atoms with Gasteiger partial charge in [0.2, 0.25) is 15.8 Å². The normalized spacial score (nSPS) is 12.3. The van der Waals surface area contributed by atoms with Gasteiger partial charge in [-0.3, -0.25) is 4.79 Å². The van der Waals surface area contributed by atoms with Crippen molar-refractivity contribution in [1.82, 2.24) is 4.72 Å². The van der Waals surface area contributed by atoms with Crippen molar-refractivity contribution in [1.29, 1.82) is 0 Å². The van der Waals surface area contributed by atoms with Gasteiger partial charge >= 0.3 is 5.97 Å². The molecular weight excluding hydrogens is 370 g/mol. The van der Waals surface area contributed by atoms with Crippen LogP contribution in [0.15, 0.2) is 47.4 Å². The molecule has 2 rings (SSSR count). The lowest BCUT2D eigenvalue weighted by atomic mass is 10.1. The van der Waals surface area contributed by atoms with Crippen molar-refractivity contribution in [3.05, 3.63) is 59.2 Å². The number of methoxy groups -OCH3 is 1. The van der Waals surface area contributed by atoms with E-state index in [-0.39, 0.29) is 22.0 Å². The fourth-order valence-electron chi connectivity index (χ4n) is 2.36. The van der Waals surface area contributed by atoms with Gasteiger partial charge in [0.1, 0.15) is 10.6 Å². The summed E-state index contributed by atoms with van der Waals surface area (Å²) in [6.07, 6.45) is -1.02. The summed E-state index contributed by atoms with van der Waals surface area (Å²) >= 11 is 0. The lowest BCUT2D eigenvalue weighted by Gasteiger charge is -2.14. The molecule has 0 aliphatic carbocycles. The predicted molar refractivity (Wildman–Crippen MR) is 99.6 cm³/mol. The summed E-state index contributed by atoms with van der Waals surface area (Å²) in [5.41, 5.74) is 1.43. The number of hydrogen-bond donors (Lipinski definition) is 1. The van der Waals surface area contributed by atoms with Crippen LogP contribution in [-0.2, 0) is 14.8 Å². The van der Waals surface area contributed by atoms with Gasteiger partial charge in [0.25, 0.3) is 0 Å². The predicted octanol–water partition coefficient (Wildman–Crippen LogP) is 2.34. The molecule has 8 heteroatoms. The largest absolute Gasteiger partial charge is 0.495 e. The molecule has 1 N–H and O–H groups in total. The van der Waals surface area contributed by atoms with E-state index in [4.69, 9.17) is 9.47 Å². The van der Waals surface area contributed by atoms with Crippen molar-refractivity contribution in [2.45, 2.75) is 24.8 Å². The Kier molecular flexibility index (Phi) is 6.35. The summed E-state index contributed by atoms with van der Waals surface area (Å²) in [5.74, 6) is -1.07. The fraction of sp³-hybridized carbons (Fsp3) is 0.263. The van der Waals surface area contributed by atoms with E-state index in [1.54, 1.807) is 24.3 Å². The lowest BCUT2D eigenvalue weighted by molar-refractivity contribution is 0.0318. The van der Waals surface area contributed by atoms with Crippen molar-refractivity contribution < 1.29 is 27.5 Å². The van der Waals surface area contributed by atoms with Gasteiger partial charge in [-0.15, -0.1) is 0 Å². The maximum Gasteiger partial charge on any atom is 0.338 e. The van der Waals surface area contributed by atoms with Crippen molar-refractivity contribution in [3.63, 3.8) is 0 Å². The minimum absolute atomic E-state index is 0.00631. The first-order chi connectivity index (χ1) is 12.7. The second-order valence-corrected chi connectivity index (χ2v) is 7.71. The number of rotatable bonds is 7. The monoisotopic (exact) mass is 391 g/mol. The molecule has 27 heavy (non-hydrogen) atoms. The maximum atomic E-state index is 12.4. The standard InChI is InChI=1S/C19H21NO6S/c1-12-5-7-14(8-6-12)18(21)13(2)26-19(22)15-9-10-16(25-4)17(11-15)27(23,24)20-3/h5-11,13,20H,1-4H3/t13-/m1/s1. The molecule has 0 aliphatic heterocycles. The van der Waals surface area contributed by atoms with Crippen LogP contribution in [0.25, 0.3) is 0 Å². The highest BCUT2D eigenvalue weighted by molar-refractivity contribution is 7.89. The van der Waals surface area contributed by atoms with Crippen LogP contribution in [0.2, 0.25) is 0 Å². The molecule has 144 valence electrons. The summed E-state index contributed by atoms with van der Waals surface area (Å²) in [6.45, 7) is 3.37. The molecule has 0 radical (unpaired) electrons. The summed E-state index contributed by atoms with van der Waals surface area (Å²) in [7, 11) is -1.26. The van der Waals surface area contributed by atoms with Crippen LogP contribution in [0, 0.1) is 6.92 Å². The van der Waals surface area contributed by atoms with E-state index < -0.39 is 22.1 Å². The number of ether oxygens (including phenoxy) is 2. The minimum Gasteiger partial charge on any atom is -0.495 e. The van der Waals surface area contributed by atoms with Crippen molar-refractivity contribution >= 4 is 21.8 Å². The molecule has 0 aliphatic rings. The molecule has 0 saturated carbocycles. The Bertz CT molecular complexity index is 951. The lowest BCUT2D eigenvalue weighted by Crippen LogP contribution is -2.25. The Morgan fingerprint density at radius 1 is 1.04 bits per heavy atom. The van der Waals surface area contributed by atoms with Crippen molar-refractivity contribution in [2.24, 2.45) is 0 Å². The molecular formula is C19H21NO6S. The number of sulfonamides is 1. The molecule has 0 unspecified atom stereocenters. The Labute approximate surface area is 158 Å². The van der Waals surface area contributed by atoms with Crippen LogP contribution in [0.5, 0.6) is 5.75 Å². The third kappa shape index (κ3) is 4.72. The van der Waals surface area contributed by atoms with Crippen LogP contribution in [-0.4, -0.2) is 40.4 Å². The number of ketones is 1. The molecule has 0 bridgehead atoms. The van der Waals surface area contributed by atoms with E-state index >= 15 is 0 Å². The van der Waals surface area contributed by atoms with E-state index in [2.05, 4.69) is 4.72 Å². The molecule has 2 aromatic rings. The number of nitrogens with one attached hydrogen (secondary N) is 1. The first-order valence-electron chi connectivity index (χ1n) is 8.13. The van der Waals surface area contributed by atoms with Crippen LogP contribution in [0.3, 0.4) is 0 Å². The van der Waals surface area contributed by atoms with Gasteiger partial charge in [-0.25, -0.2) is 17.9 Å². The summed E-state index contributed by atoms with van der Waals surface area (Å²) in [5, 5.41) is 0. The zero-order valence-electron chi connectivity index (χ0n) is 15.5. The third-order valence-electron chi connectivity index (χ3n) is 3.95. The second-order valence-electron chi connectivity index (χ2n) is 5.85. The topological polar surface area (TPSA) is 98.8 Å². The van der Waals surface area contributed by atoms with E-state index in [0.717, 1.165) is 11.6 Å². The van der Waals surface area contributed by atoms with Gasteiger partial charge in [0, 0.05) is 5.56 Å². The van der Waals surface area contributed by atoms with Gasteiger partial charge in [-0.1, -0.05) is 29.8 Å². The highest BCUT2D eigenvalue weighted by Gasteiger charge is 2.24. The highest BCUT2D eigenvalue weighted by atomic mass is 32.2. The molecule has 0 amide bonds. The smallest absolute Gasteiger partial charge is 0.338 e. The first-order valence-corrected chi connectivity index (χ1v) is 9.61. The number of esters is 1. The van der Waals surface area contributed by atoms with Crippen molar-refractivity contribution in [2.75, 3.05) is 14.2 Å². The number of benzene rings is 2. The third-order valence-corrected chi connectivity index (χ3v) is 5.38. The van der Waals surface area contributed by atoms with E-state index in [1.165, 1.54) is 33.2 Å². The van der Waals surface area contributed by atoms with Crippen molar-refractivity contribution in [3.8, 4) is 5.75 Å². The number of Topliss-reactive ketones (excluding diaryl/α,β-unsaturated/α-hetero) is 1. The molecule has 0 fully saturated rings. The van der Waals surface area contributed by atoms with Gasteiger partial charge in [0.15, 0.2) is 6.10 Å². The van der Waals surface area contributed by atoms with Crippen LogP contribution < -0.4 is 9.46 Å². The number of carbonyl (C=O) groups is 2.